The van der Waals surface area contributed by atoms with Crippen molar-refractivity contribution in [1.82, 2.24) is 4.98 Å². The number of nitrogens with one attached hydrogen (secondary N) is 1. The van der Waals surface area contributed by atoms with Crippen LogP contribution in [0.2, 0.25) is 0 Å². The molecular weight excluding hydrogens is 340 g/mol. The van der Waals surface area contributed by atoms with Crippen LogP contribution < -0.4 is 10.1 Å². The highest BCUT2D eigenvalue weighted by Crippen LogP contribution is 2.23. The highest BCUT2D eigenvalue weighted by molar-refractivity contribution is 9.10. The number of aromatic nitrogens is 1. The molecule has 0 aliphatic carbocycles. The van der Waals surface area contributed by atoms with Gasteiger partial charge >= 0.3 is 5.97 Å². The van der Waals surface area contributed by atoms with Crippen LogP contribution in [0.15, 0.2) is 40.9 Å². The molecule has 7 heteroatoms. The smallest absolute Gasteiger partial charge is 0.354 e. The molecule has 2 aromatic rings. The van der Waals surface area contributed by atoms with Crippen LogP contribution in [0.3, 0.4) is 0 Å². The van der Waals surface area contributed by atoms with E-state index < -0.39 is 11.9 Å². The van der Waals surface area contributed by atoms with Crippen LogP contribution in [0.25, 0.3) is 0 Å². The molecule has 1 aromatic heterocycles. The lowest BCUT2D eigenvalue weighted by atomic mass is 10.2. The first-order valence-electron chi connectivity index (χ1n) is 5.86. The van der Waals surface area contributed by atoms with Crippen molar-refractivity contribution in [2.24, 2.45) is 0 Å². The second-order valence-electron chi connectivity index (χ2n) is 4.01. The van der Waals surface area contributed by atoms with Gasteiger partial charge in [0.15, 0.2) is 5.69 Å². The molecule has 6 nitrogen and oxygen atoms in total. The Balaban J connectivity index is 2.25. The average molecular weight is 351 g/mol. The fraction of sp³-hybridized carbons (Fsp3) is 0.0714. The molecule has 108 valence electrons. The summed E-state index contributed by atoms with van der Waals surface area (Å²) >= 11 is 3.28. The van der Waals surface area contributed by atoms with E-state index in [4.69, 9.17) is 9.84 Å². The predicted octanol–water partition coefficient (Wildman–Crippen LogP) is 2.80. The Morgan fingerprint density at radius 3 is 2.71 bits per heavy atom. The fourth-order valence-corrected chi connectivity index (χ4v) is 2.04. The second kappa shape index (κ2) is 6.36. The number of carbonyl (C=O) groups excluding carboxylic acids is 1. The van der Waals surface area contributed by atoms with Crippen LogP contribution in [0.5, 0.6) is 5.75 Å². The first-order chi connectivity index (χ1) is 10.0. The number of nitrogens with zero attached hydrogens (tertiary/aromatic N) is 1. The van der Waals surface area contributed by atoms with E-state index in [1.165, 1.54) is 25.3 Å². The van der Waals surface area contributed by atoms with Crippen molar-refractivity contribution in [2.75, 3.05) is 12.4 Å². The summed E-state index contributed by atoms with van der Waals surface area (Å²) in [6, 6.07) is 9.34. The topological polar surface area (TPSA) is 88.5 Å². The van der Waals surface area contributed by atoms with Gasteiger partial charge in [0.25, 0.3) is 5.91 Å². The Hall–Kier alpha value is -2.41. The lowest BCUT2D eigenvalue weighted by Gasteiger charge is -2.08. The Morgan fingerprint density at radius 2 is 2.05 bits per heavy atom. The van der Waals surface area contributed by atoms with E-state index in [1.54, 1.807) is 18.2 Å². The molecule has 1 amide bonds. The molecule has 0 radical (unpaired) electrons. The summed E-state index contributed by atoms with van der Waals surface area (Å²) in [4.78, 5) is 26.9. The molecule has 0 aliphatic rings. The van der Waals surface area contributed by atoms with Gasteiger partial charge in [-0.05, 0) is 46.3 Å². The molecule has 1 heterocycles. The lowest BCUT2D eigenvalue weighted by molar-refractivity contribution is 0.0690. The van der Waals surface area contributed by atoms with Crippen molar-refractivity contribution in [3.05, 3.63) is 52.1 Å². The number of ether oxygens (including phenoxy) is 1. The van der Waals surface area contributed by atoms with Gasteiger partial charge in [0.1, 0.15) is 11.6 Å². The van der Waals surface area contributed by atoms with Gasteiger partial charge in [0, 0.05) is 4.47 Å². The Labute approximate surface area is 128 Å². The van der Waals surface area contributed by atoms with Gasteiger partial charge in [-0.2, -0.15) is 0 Å². The third kappa shape index (κ3) is 3.57. The number of hydrogen-bond acceptors (Lipinski definition) is 4. The maximum Gasteiger partial charge on any atom is 0.354 e. The molecule has 0 bridgehead atoms. The molecule has 0 saturated carbocycles. The number of amides is 1. The first kappa shape index (κ1) is 15.0. The van der Waals surface area contributed by atoms with Gasteiger partial charge in [-0.15, -0.1) is 0 Å². The number of anilines is 1. The first-order valence-corrected chi connectivity index (χ1v) is 6.66. The fourth-order valence-electron chi connectivity index (χ4n) is 1.61. The number of rotatable bonds is 4. The quantitative estimate of drug-likeness (QED) is 0.884. The lowest BCUT2D eigenvalue weighted by Crippen LogP contribution is -2.14. The third-order valence-corrected chi connectivity index (χ3v) is 3.32. The van der Waals surface area contributed by atoms with Crippen molar-refractivity contribution in [2.45, 2.75) is 0 Å². The zero-order valence-electron chi connectivity index (χ0n) is 11.0. The van der Waals surface area contributed by atoms with Gasteiger partial charge in [0.2, 0.25) is 0 Å². The molecule has 0 atom stereocenters. The Bertz CT molecular complexity index is 703. The summed E-state index contributed by atoms with van der Waals surface area (Å²) in [5.41, 5.74) is 0.217. The van der Waals surface area contributed by atoms with E-state index in [-0.39, 0.29) is 11.5 Å². The molecule has 0 fully saturated rings. The Kier molecular flexibility index (Phi) is 4.54. The molecule has 0 aliphatic heterocycles. The molecule has 21 heavy (non-hydrogen) atoms. The van der Waals surface area contributed by atoms with Crippen LogP contribution in [-0.4, -0.2) is 29.1 Å². The number of hydrogen-bond donors (Lipinski definition) is 2. The average Bonchev–Trinajstić information content (AvgIpc) is 2.48. The minimum absolute atomic E-state index is 0.141. The molecule has 1 aromatic carbocycles. The summed E-state index contributed by atoms with van der Waals surface area (Å²) in [5.74, 6) is -0.880. The van der Waals surface area contributed by atoms with Crippen molar-refractivity contribution < 1.29 is 19.4 Å². The molecule has 0 unspecified atom stereocenters. The number of halogens is 1. The van der Waals surface area contributed by atoms with Gasteiger partial charge in [-0.3, -0.25) is 4.79 Å². The van der Waals surface area contributed by atoms with Gasteiger partial charge in [0.05, 0.1) is 12.7 Å². The SMILES string of the molecule is COc1ccc(Br)c(C(=O)Nc2cccc(C(=O)O)n2)c1. The molecule has 0 saturated heterocycles. The van der Waals surface area contributed by atoms with E-state index in [1.807, 2.05) is 0 Å². The number of methoxy groups -OCH3 is 1. The number of carboxylic acid groups (broad SMARTS) is 1. The van der Waals surface area contributed by atoms with Crippen LogP contribution in [0, 0.1) is 0 Å². The van der Waals surface area contributed by atoms with Gasteiger partial charge in [-0.1, -0.05) is 6.07 Å². The highest BCUT2D eigenvalue weighted by Gasteiger charge is 2.13. The van der Waals surface area contributed by atoms with E-state index in [0.29, 0.717) is 15.8 Å². The number of aromatic carboxylic acids is 1. The van der Waals surface area contributed by atoms with E-state index in [0.717, 1.165) is 0 Å². The van der Waals surface area contributed by atoms with Gasteiger partial charge < -0.3 is 15.2 Å². The Morgan fingerprint density at radius 1 is 1.29 bits per heavy atom. The predicted molar refractivity (Wildman–Crippen MR) is 79.8 cm³/mol. The van der Waals surface area contributed by atoms with Crippen LogP contribution >= 0.6 is 15.9 Å². The maximum absolute atomic E-state index is 12.2. The molecule has 0 spiro atoms. The van der Waals surface area contributed by atoms with Crippen molar-refractivity contribution in [3.8, 4) is 5.75 Å². The van der Waals surface area contributed by atoms with Crippen molar-refractivity contribution >= 4 is 33.6 Å². The molecular formula is C14H11BrN2O4. The zero-order chi connectivity index (χ0) is 15.4. The monoisotopic (exact) mass is 350 g/mol. The number of pyridine rings is 1. The highest BCUT2D eigenvalue weighted by atomic mass is 79.9. The zero-order valence-corrected chi connectivity index (χ0v) is 12.5. The largest absolute Gasteiger partial charge is 0.497 e. The van der Waals surface area contributed by atoms with Crippen molar-refractivity contribution in [3.63, 3.8) is 0 Å². The number of carbonyl (C=O) groups is 2. The summed E-state index contributed by atoms with van der Waals surface area (Å²) in [5, 5.41) is 11.4. The summed E-state index contributed by atoms with van der Waals surface area (Å²) in [6.07, 6.45) is 0. The number of carboxylic acids is 1. The summed E-state index contributed by atoms with van der Waals surface area (Å²) < 4.78 is 5.66. The summed E-state index contributed by atoms with van der Waals surface area (Å²) in [7, 11) is 1.50. The second-order valence-corrected chi connectivity index (χ2v) is 4.87. The van der Waals surface area contributed by atoms with Crippen LogP contribution in [-0.2, 0) is 0 Å². The van der Waals surface area contributed by atoms with E-state index in [2.05, 4.69) is 26.2 Å². The van der Waals surface area contributed by atoms with Gasteiger partial charge in [-0.25, -0.2) is 9.78 Å². The normalized spacial score (nSPS) is 10.0. The number of benzene rings is 1. The van der Waals surface area contributed by atoms with Crippen molar-refractivity contribution in [1.29, 1.82) is 0 Å². The third-order valence-electron chi connectivity index (χ3n) is 2.63. The maximum atomic E-state index is 12.2. The minimum Gasteiger partial charge on any atom is -0.497 e. The van der Waals surface area contributed by atoms with Crippen LogP contribution in [0.1, 0.15) is 20.8 Å². The molecule has 2 rings (SSSR count). The molecule has 2 N–H and O–H groups in total. The van der Waals surface area contributed by atoms with E-state index >= 15 is 0 Å². The van der Waals surface area contributed by atoms with E-state index in [9.17, 15) is 9.59 Å². The summed E-state index contributed by atoms with van der Waals surface area (Å²) in [6.45, 7) is 0. The standard InChI is InChI=1S/C14H11BrN2O4/c1-21-8-5-6-10(15)9(7-8)13(18)17-12-4-2-3-11(16-12)14(19)20/h2-7H,1H3,(H,19,20)(H,16,17,18). The van der Waals surface area contributed by atoms with Crippen LogP contribution in [0.4, 0.5) is 5.82 Å². The minimum atomic E-state index is -1.16.